The van der Waals surface area contributed by atoms with E-state index in [1.165, 1.54) is 24.6 Å². The normalized spacial score (nSPS) is 14.8. The maximum atomic E-state index is 10.8. The van der Waals surface area contributed by atoms with Gasteiger partial charge in [0, 0.05) is 12.7 Å². The maximum Gasteiger partial charge on any atom is 0.313 e. The molecule has 0 atom stereocenters. The van der Waals surface area contributed by atoms with Crippen molar-refractivity contribution in [2.24, 2.45) is 5.92 Å². The first kappa shape index (κ1) is 13.4. The van der Waals surface area contributed by atoms with Gasteiger partial charge in [0.05, 0.1) is 5.75 Å². The van der Waals surface area contributed by atoms with Crippen LogP contribution in [0.2, 0.25) is 0 Å². The molecule has 2 heterocycles. The lowest BCUT2D eigenvalue weighted by Gasteiger charge is -2.06. The van der Waals surface area contributed by atoms with E-state index in [0.29, 0.717) is 0 Å². The monoisotopic (exact) mass is 291 g/mol. The number of aliphatic carboxylic acids is 1. The van der Waals surface area contributed by atoms with Crippen molar-refractivity contribution in [2.45, 2.75) is 37.9 Å². The van der Waals surface area contributed by atoms with Crippen LogP contribution >= 0.6 is 11.8 Å². The van der Waals surface area contributed by atoms with E-state index in [-0.39, 0.29) is 5.75 Å². The van der Waals surface area contributed by atoms with E-state index in [0.717, 1.165) is 40.8 Å². The first-order valence-electron chi connectivity index (χ1n) is 6.81. The van der Waals surface area contributed by atoms with Gasteiger partial charge in [0.1, 0.15) is 5.52 Å². The summed E-state index contributed by atoms with van der Waals surface area (Å²) in [4.78, 5) is 19.8. The zero-order valence-corrected chi connectivity index (χ0v) is 12.2. The third kappa shape index (κ3) is 2.95. The fraction of sp³-hybridized carbons (Fsp3) is 0.500. The summed E-state index contributed by atoms with van der Waals surface area (Å²) in [6, 6.07) is 2.00. The second-order valence-electron chi connectivity index (χ2n) is 5.32. The van der Waals surface area contributed by atoms with E-state index < -0.39 is 5.97 Å². The number of thioether (sulfide) groups is 1. The topological polar surface area (TPSA) is 68.0 Å². The third-order valence-corrected chi connectivity index (χ3v) is 4.43. The third-order valence-electron chi connectivity index (χ3n) is 3.47. The molecule has 20 heavy (non-hydrogen) atoms. The van der Waals surface area contributed by atoms with Gasteiger partial charge in [-0.05, 0) is 30.9 Å². The van der Waals surface area contributed by atoms with Crippen LogP contribution in [0.15, 0.2) is 17.4 Å². The van der Waals surface area contributed by atoms with Crippen LogP contribution in [0.3, 0.4) is 0 Å². The molecule has 0 aromatic carbocycles. The Balaban J connectivity index is 1.91. The van der Waals surface area contributed by atoms with E-state index in [4.69, 9.17) is 5.11 Å². The van der Waals surface area contributed by atoms with E-state index in [1.54, 1.807) is 0 Å². The van der Waals surface area contributed by atoms with Gasteiger partial charge in [-0.15, -0.1) is 0 Å². The Morgan fingerprint density at radius 1 is 1.55 bits per heavy atom. The molecule has 0 radical (unpaired) electrons. The Kier molecular flexibility index (Phi) is 3.65. The Hall–Kier alpha value is -1.56. The fourth-order valence-corrected chi connectivity index (χ4v) is 3.00. The summed E-state index contributed by atoms with van der Waals surface area (Å²) >= 11 is 1.27. The number of aromatic nitrogens is 3. The van der Waals surface area contributed by atoms with Crippen LogP contribution in [0.4, 0.5) is 0 Å². The van der Waals surface area contributed by atoms with Gasteiger partial charge < -0.3 is 9.67 Å². The Morgan fingerprint density at radius 3 is 3.05 bits per heavy atom. The highest BCUT2D eigenvalue weighted by molar-refractivity contribution is 7.99. The average molecular weight is 291 g/mol. The standard InChI is InChI=1S/C14H17N3O2S/c1-9-6-11-13(15-7-9)17(5-4-10-2-3-10)14(16-11)20-8-12(18)19/h6-7,10H,2-5,8H2,1H3,(H,18,19). The Morgan fingerprint density at radius 2 is 2.35 bits per heavy atom. The molecule has 1 fully saturated rings. The SMILES string of the molecule is Cc1cnc2c(c1)nc(SCC(=O)O)n2CCC1CC1. The van der Waals surface area contributed by atoms with Gasteiger partial charge in [0.2, 0.25) is 0 Å². The molecule has 0 saturated heterocycles. The number of carboxylic acids is 1. The predicted octanol–water partition coefficient (Wildman–Crippen LogP) is 2.72. The largest absolute Gasteiger partial charge is 0.481 e. The second kappa shape index (κ2) is 5.44. The predicted molar refractivity (Wildman–Crippen MR) is 78.0 cm³/mol. The molecule has 2 aromatic heterocycles. The molecule has 1 aliphatic carbocycles. The molecule has 0 spiro atoms. The van der Waals surface area contributed by atoms with E-state index >= 15 is 0 Å². The van der Waals surface area contributed by atoms with Gasteiger partial charge >= 0.3 is 5.97 Å². The minimum absolute atomic E-state index is 0.0335. The molecule has 0 unspecified atom stereocenters. The molecular formula is C14H17N3O2S. The van der Waals surface area contributed by atoms with Crippen LogP contribution in [0.5, 0.6) is 0 Å². The molecule has 3 rings (SSSR count). The van der Waals surface area contributed by atoms with E-state index in [9.17, 15) is 4.79 Å². The number of imidazole rings is 1. The van der Waals surface area contributed by atoms with E-state index in [1.807, 2.05) is 19.2 Å². The molecular weight excluding hydrogens is 274 g/mol. The first-order chi connectivity index (χ1) is 9.63. The van der Waals surface area contributed by atoms with Crippen molar-refractivity contribution in [2.75, 3.05) is 5.75 Å². The maximum absolute atomic E-state index is 10.8. The lowest BCUT2D eigenvalue weighted by Crippen LogP contribution is -2.04. The fourth-order valence-electron chi connectivity index (χ4n) is 2.25. The summed E-state index contributed by atoms with van der Waals surface area (Å²) in [5.74, 6) is 0.0429. The summed E-state index contributed by atoms with van der Waals surface area (Å²) in [6.45, 7) is 2.86. The van der Waals surface area contributed by atoms with Crippen molar-refractivity contribution in [3.05, 3.63) is 17.8 Å². The Bertz CT molecular complexity index is 649. The minimum atomic E-state index is -0.820. The number of hydrogen-bond donors (Lipinski definition) is 1. The highest BCUT2D eigenvalue weighted by Gasteiger charge is 2.22. The van der Waals surface area contributed by atoms with Crippen molar-refractivity contribution < 1.29 is 9.90 Å². The lowest BCUT2D eigenvalue weighted by molar-refractivity contribution is -0.133. The zero-order chi connectivity index (χ0) is 14.1. The molecule has 5 nitrogen and oxygen atoms in total. The minimum Gasteiger partial charge on any atom is -0.481 e. The number of hydrogen-bond acceptors (Lipinski definition) is 4. The molecule has 6 heteroatoms. The highest BCUT2D eigenvalue weighted by Crippen LogP contribution is 2.34. The molecule has 2 aromatic rings. The number of fused-ring (bicyclic) bond motifs is 1. The number of carbonyl (C=O) groups is 1. The summed E-state index contributed by atoms with van der Waals surface area (Å²) < 4.78 is 2.07. The smallest absolute Gasteiger partial charge is 0.313 e. The summed E-state index contributed by atoms with van der Waals surface area (Å²) in [6.07, 6.45) is 5.60. The summed E-state index contributed by atoms with van der Waals surface area (Å²) in [7, 11) is 0. The van der Waals surface area contributed by atoms with Gasteiger partial charge in [-0.3, -0.25) is 4.79 Å². The van der Waals surface area contributed by atoms with Gasteiger partial charge in [-0.2, -0.15) is 0 Å². The molecule has 1 saturated carbocycles. The summed E-state index contributed by atoms with van der Waals surface area (Å²) in [5, 5.41) is 9.60. The molecule has 0 amide bonds. The van der Waals surface area contributed by atoms with Gasteiger partial charge in [-0.25, -0.2) is 9.97 Å². The second-order valence-corrected chi connectivity index (χ2v) is 6.26. The number of pyridine rings is 1. The van der Waals surface area contributed by atoms with Crippen LogP contribution in [0, 0.1) is 12.8 Å². The molecule has 1 aliphatic rings. The highest BCUT2D eigenvalue weighted by atomic mass is 32.2. The molecule has 1 N–H and O–H groups in total. The van der Waals surface area contributed by atoms with Crippen LogP contribution < -0.4 is 0 Å². The summed E-state index contributed by atoms with van der Waals surface area (Å²) in [5.41, 5.74) is 2.79. The van der Waals surface area contributed by atoms with Crippen LogP contribution in [-0.2, 0) is 11.3 Å². The quantitative estimate of drug-likeness (QED) is 0.829. The molecule has 0 bridgehead atoms. The van der Waals surface area contributed by atoms with Crippen molar-refractivity contribution in [1.29, 1.82) is 0 Å². The number of carboxylic acid groups (broad SMARTS) is 1. The van der Waals surface area contributed by atoms with E-state index in [2.05, 4.69) is 14.5 Å². The Labute approximate surface area is 121 Å². The number of aryl methyl sites for hydroxylation is 2. The zero-order valence-electron chi connectivity index (χ0n) is 11.4. The lowest BCUT2D eigenvalue weighted by atomic mass is 10.3. The number of rotatable bonds is 6. The van der Waals surface area contributed by atoms with Crippen molar-refractivity contribution >= 4 is 28.9 Å². The van der Waals surface area contributed by atoms with Crippen molar-refractivity contribution in [3.63, 3.8) is 0 Å². The first-order valence-corrected chi connectivity index (χ1v) is 7.79. The molecule has 106 valence electrons. The van der Waals surface area contributed by atoms with Gasteiger partial charge in [0.25, 0.3) is 0 Å². The van der Waals surface area contributed by atoms with Gasteiger partial charge in [0.15, 0.2) is 10.8 Å². The van der Waals surface area contributed by atoms with Crippen LogP contribution in [0.1, 0.15) is 24.8 Å². The van der Waals surface area contributed by atoms with Gasteiger partial charge in [-0.1, -0.05) is 24.6 Å². The average Bonchev–Trinajstić information content (AvgIpc) is 3.16. The van der Waals surface area contributed by atoms with Crippen molar-refractivity contribution in [3.8, 4) is 0 Å². The van der Waals surface area contributed by atoms with Crippen molar-refractivity contribution in [1.82, 2.24) is 14.5 Å². The van der Waals surface area contributed by atoms with Crippen LogP contribution in [-0.4, -0.2) is 31.4 Å². The number of nitrogens with zero attached hydrogens (tertiary/aromatic N) is 3. The van der Waals surface area contributed by atoms with Crippen LogP contribution in [0.25, 0.3) is 11.2 Å². The molecule has 0 aliphatic heterocycles.